The summed E-state index contributed by atoms with van der Waals surface area (Å²) in [5.41, 5.74) is 2.29. The molecule has 2 saturated heterocycles. The van der Waals surface area contributed by atoms with E-state index in [4.69, 9.17) is 19.2 Å². The number of benzene rings is 1. The summed E-state index contributed by atoms with van der Waals surface area (Å²) in [6, 6.07) is 7.19. The Hall–Kier alpha value is -1.83. The summed E-state index contributed by atoms with van der Waals surface area (Å²) in [5.74, 6) is 1.75. The van der Waals surface area contributed by atoms with Crippen molar-refractivity contribution in [3.63, 3.8) is 0 Å². The molecule has 7 heteroatoms. The molecule has 0 amide bonds. The van der Waals surface area contributed by atoms with E-state index in [9.17, 15) is 0 Å². The zero-order valence-corrected chi connectivity index (χ0v) is 18.9. The fraction of sp³-hybridized carbons (Fsp3) is 0.696. The predicted molar refractivity (Wildman–Crippen MR) is 120 cm³/mol. The first-order chi connectivity index (χ1) is 14.6. The molecule has 2 heterocycles. The Balaban J connectivity index is 1.61. The monoisotopic (exact) mass is 418 g/mol. The van der Waals surface area contributed by atoms with Crippen LogP contribution in [0.25, 0.3) is 0 Å². The molecule has 30 heavy (non-hydrogen) atoms. The number of rotatable bonds is 8. The molecule has 3 atom stereocenters. The van der Waals surface area contributed by atoms with E-state index in [1.54, 1.807) is 0 Å². The lowest BCUT2D eigenvalue weighted by molar-refractivity contribution is -0.0174. The molecule has 2 aliphatic rings. The van der Waals surface area contributed by atoms with Gasteiger partial charge in [-0.1, -0.05) is 12.1 Å². The highest BCUT2D eigenvalue weighted by molar-refractivity contribution is 5.79. The maximum atomic E-state index is 6.22. The fourth-order valence-corrected chi connectivity index (χ4v) is 3.95. The van der Waals surface area contributed by atoms with E-state index in [1.807, 2.05) is 0 Å². The largest absolute Gasteiger partial charge is 0.488 e. The van der Waals surface area contributed by atoms with Crippen LogP contribution in [0.1, 0.15) is 38.3 Å². The standard InChI is InChI=1S/C23H38N4O3/c1-5-24-23(25-13-18(3)27-9-11-29-15-19(27)4)26-14-20-7-6-17(2)12-22(20)30-21-8-10-28-16-21/h6-7,12,18-19,21H,5,8-11,13-16H2,1-4H3,(H2,24,25,26). The van der Waals surface area contributed by atoms with Gasteiger partial charge in [-0.3, -0.25) is 4.90 Å². The third-order valence-electron chi connectivity index (χ3n) is 5.71. The van der Waals surface area contributed by atoms with Crippen LogP contribution in [0, 0.1) is 6.92 Å². The summed E-state index contributed by atoms with van der Waals surface area (Å²) in [5, 5.41) is 6.87. The molecule has 3 rings (SSSR count). The van der Waals surface area contributed by atoms with Crippen LogP contribution in [-0.2, 0) is 16.0 Å². The van der Waals surface area contributed by atoms with Gasteiger partial charge in [0.2, 0.25) is 0 Å². The fourth-order valence-electron chi connectivity index (χ4n) is 3.95. The topological polar surface area (TPSA) is 67.4 Å². The van der Waals surface area contributed by atoms with Gasteiger partial charge in [-0.05, 0) is 39.3 Å². The third kappa shape index (κ3) is 6.59. The van der Waals surface area contributed by atoms with Crippen LogP contribution < -0.4 is 15.4 Å². The van der Waals surface area contributed by atoms with Crippen molar-refractivity contribution < 1.29 is 14.2 Å². The first-order valence-corrected chi connectivity index (χ1v) is 11.3. The second kappa shape index (κ2) is 11.5. The number of ether oxygens (including phenoxy) is 3. The average molecular weight is 419 g/mol. The van der Waals surface area contributed by atoms with E-state index >= 15 is 0 Å². The Kier molecular flexibility index (Phi) is 8.78. The average Bonchev–Trinajstić information content (AvgIpc) is 3.24. The van der Waals surface area contributed by atoms with Gasteiger partial charge < -0.3 is 24.8 Å². The van der Waals surface area contributed by atoms with E-state index < -0.39 is 0 Å². The summed E-state index contributed by atoms with van der Waals surface area (Å²) in [6.45, 7) is 14.9. The molecule has 0 radical (unpaired) electrons. The maximum Gasteiger partial charge on any atom is 0.191 e. The van der Waals surface area contributed by atoms with Crippen molar-refractivity contribution in [3.8, 4) is 5.75 Å². The Morgan fingerprint density at radius 2 is 2.10 bits per heavy atom. The van der Waals surface area contributed by atoms with E-state index in [-0.39, 0.29) is 6.10 Å². The molecular formula is C23H38N4O3. The minimum Gasteiger partial charge on any atom is -0.488 e. The molecule has 0 bridgehead atoms. The SMILES string of the molecule is CCNC(=NCc1ccc(C)cc1OC1CCOC1)NCC(C)N1CCOCC1C. The minimum absolute atomic E-state index is 0.136. The van der Waals surface area contributed by atoms with E-state index in [1.165, 1.54) is 5.56 Å². The lowest BCUT2D eigenvalue weighted by Gasteiger charge is -2.38. The van der Waals surface area contributed by atoms with Gasteiger partial charge in [-0.2, -0.15) is 0 Å². The van der Waals surface area contributed by atoms with Crippen molar-refractivity contribution in [1.82, 2.24) is 15.5 Å². The number of hydrogen-bond donors (Lipinski definition) is 2. The van der Waals surface area contributed by atoms with Gasteiger partial charge in [0.25, 0.3) is 0 Å². The molecule has 2 N–H and O–H groups in total. The van der Waals surface area contributed by atoms with Crippen LogP contribution in [0.5, 0.6) is 5.75 Å². The van der Waals surface area contributed by atoms with Gasteiger partial charge in [-0.25, -0.2) is 4.99 Å². The molecule has 0 aliphatic carbocycles. The Morgan fingerprint density at radius 1 is 1.27 bits per heavy atom. The highest BCUT2D eigenvalue weighted by Crippen LogP contribution is 2.24. The van der Waals surface area contributed by atoms with Crippen molar-refractivity contribution >= 4 is 5.96 Å². The summed E-state index contributed by atoms with van der Waals surface area (Å²) in [7, 11) is 0. The van der Waals surface area contributed by atoms with Gasteiger partial charge in [0.05, 0.1) is 33.0 Å². The van der Waals surface area contributed by atoms with Crippen LogP contribution in [0.4, 0.5) is 0 Å². The molecular weight excluding hydrogens is 380 g/mol. The molecule has 0 saturated carbocycles. The molecule has 0 spiro atoms. The number of aliphatic imine (C=N–C) groups is 1. The number of morpholine rings is 1. The van der Waals surface area contributed by atoms with Gasteiger partial charge >= 0.3 is 0 Å². The van der Waals surface area contributed by atoms with Crippen LogP contribution in [-0.4, -0.2) is 75.1 Å². The number of guanidine groups is 1. The molecule has 168 valence electrons. The van der Waals surface area contributed by atoms with E-state index in [0.29, 0.717) is 25.2 Å². The lowest BCUT2D eigenvalue weighted by atomic mass is 10.1. The zero-order chi connectivity index (χ0) is 21.3. The number of hydrogen-bond acceptors (Lipinski definition) is 5. The van der Waals surface area contributed by atoms with Crippen LogP contribution in [0.15, 0.2) is 23.2 Å². The molecule has 2 fully saturated rings. The molecule has 1 aromatic rings. The summed E-state index contributed by atoms with van der Waals surface area (Å²) >= 11 is 0. The predicted octanol–water partition coefficient (Wildman–Crippen LogP) is 2.33. The van der Waals surface area contributed by atoms with E-state index in [2.05, 4.69) is 61.4 Å². The van der Waals surface area contributed by atoms with Crippen LogP contribution in [0.3, 0.4) is 0 Å². The molecule has 7 nitrogen and oxygen atoms in total. The third-order valence-corrected chi connectivity index (χ3v) is 5.71. The maximum absolute atomic E-state index is 6.22. The van der Waals surface area contributed by atoms with Crippen molar-refractivity contribution in [1.29, 1.82) is 0 Å². The smallest absolute Gasteiger partial charge is 0.191 e. The van der Waals surface area contributed by atoms with Crippen molar-refractivity contribution in [2.45, 2.75) is 58.8 Å². The summed E-state index contributed by atoms with van der Waals surface area (Å²) in [6.07, 6.45) is 1.08. The number of nitrogens with zero attached hydrogens (tertiary/aromatic N) is 2. The first kappa shape index (κ1) is 22.8. The van der Waals surface area contributed by atoms with Crippen molar-refractivity contribution in [2.24, 2.45) is 4.99 Å². The molecule has 3 unspecified atom stereocenters. The second-order valence-corrected chi connectivity index (χ2v) is 8.30. The molecule has 2 aliphatic heterocycles. The highest BCUT2D eigenvalue weighted by Gasteiger charge is 2.23. The highest BCUT2D eigenvalue weighted by atomic mass is 16.5. The second-order valence-electron chi connectivity index (χ2n) is 8.30. The molecule has 1 aromatic carbocycles. The molecule has 0 aromatic heterocycles. The Labute approximate surface area is 181 Å². The zero-order valence-electron chi connectivity index (χ0n) is 18.9. The minimum atomic E-state index is 0.136. The van der Waals surface area contributed by atoms with Crippen molar-refractivity contribution in [3.05, 3.63) is 29.3 Å². The van der Waals surface area contributed by atoms with Gasteiger partial charge in [0.1, 0.15) is 11.9 Å². The van der Waals surface area contributed by atoms with Gasteiger partial charge in [-0.15, -0.1) is 0 Å². The van der Waals surface area contributed by atoms with Crippen molar-refractivity contribution in [2.75, 3.05) is 46.1 Å². The van der Waals surface area contributed by atoms with Gasteiger partial charge in [0.15, 0.2) is 5.96 Å². The van der Waals surface area contributed by atoms with Gasteiger partial charge in [0, 0.05) is 43.7 Å². The van der Waals surface area contributed by atoms with Crippen LogP contribution in [0.2, 0.25) is 0 Å². The Morgan fingerprint density at radius 3 is 2.83 bits per heavy atom. The Bertz CT molecular complexity index is 691. The van der Waals surface area contributed by atoms with Crippen LogP contribution >= 0.6 is 0 Å². The van der Waals surface area contributed by atoms with E-state index in [0.717, 1.165) is 63.1 Å². The first-order valence-electron chi connectivity index (χ1n) is 11.3. The normalized spacial score (nSPS) is 23.9. The quantitative estimate of drug-likeness (QED) is 0.499. The summed E-state index contributed by atoms with van der Waals surface area (Å²) in [4.78, 5) is 7.32. The number of nitrogens with one attached hydrogen (secondary N) is 2. The lowest BCUT2D eigenvalue weighted by Crippen LogP contribution is -2.53. The number of aryl methyl sites for hydroxylation is 1. The summed E-state index contributed by atoms with van der Waals surface area (Å²) < 4.78 is 17.2.